The molecule has 0 saturated heterocycles. The molecular weight excluding hydrogens is 436 g/mol. The van der Waals surface area contributed by atoms with Crippen LogP contribution in [0, 0.1) is 0 Å². The highest BCUT2D eigenvalue weighted by molar-refractivity contribution is 7.98. The SMILES string of the molecule is CCOC(=O)c1cnc(SC)nc1NCCc1ccc(S(=O)(=O)NC2CCCC2)cc1. The maximum absolute atomic E-state index is 12.5. The number of aromatic nitrogens is 2. The number of nitrogens with one attached hydrogen (secondary N) is 2. The summed E-state index contributed by atoms with van der Waals surface area (Å²) in [6, 6.07) is 6.93. The number of hydrogen-bond donors (Lipinski definition) is 2. The van der Waals surface area contributed by atoms with Gasteiger partial charge in [-0.2, -0.15) is 0 Å². The summed E-state index contributed by atoms with van der Waals surface area (Å²) in [5, 5.41) is 3.73. The minimum atomic E-state index is -3.49. The number of anilines is 1. The van der Waals surface area contributed by atoms with E-state index in [0.29, 0.717) is 29.5 Å². The Balaban J connectivity index is 1.61. The van der Waals surface area contributed by atoms with Crippen molar-refractivity contribution in [1.82, 2.24) is 14.7 Å². The molecular formula is C21H28N4O4S2. The molecule has 0 radical (unpaired) electrons. The number of hydrogen-bond acceptors (Lipinski definition) is 8. The van der Waals surface area contributed by atoms with Crippen LogP contribution < -0.4 is 10.0 Å². The van der Waals surface area contributed by atoms with Crippen molar-refractivity contribution in [2.75, 3.05) is 24.7 Å². The molecule has 2 N–H and O–H groups in total. The Labute approximate surface area is 187 Å². The highest BCUT2D eigenvalue weighted by Crippen LogP contribution is 2.21. The zero-order valence-corrected chi connectivity index (χ0v) is 19.4. The molecule has 0 atom stereocenters. The molecule has 2 aromatic rings. The molecule has 8 nitrogen and oxygen atoms in total. The summed E-state index contributed by atoms with van der Waals surface area (Å²) >= 11 is 1.38. The third kappa shape index (κ3) is 6.41. The molecule has 0 unspecified atom stereocenters. The Bertz CT molecular complexity index is 991. The van der Waals surface area contributed by atoms with E-state index in [2.05, 4.69) is 20.0 Å². The maximum atomic E-state index is 12.5. The van der Waals surface area contributed by atoms with Crippen LogP contribution in [0.2, 0.25) is 0 Å². The van der Waals surface area contributed by atoms with Crippen LogP contribution in [-0.2, 0) is 21.2 Å². The van der Waals surface area contributed by atoms with Crippen LogP contribution in [-0.4, -0.2) is 49.8 Å². The van der Waals surface area contributed by atoms with E-state index in [1.54, 1.807) is 19.1 Å². The van der Waals surface area contributed by atoms with Gasteiger partial charge in [-0.15, -0.1) is 0 Å². The second kappa shape index (κ2) is 10.9. The highest BCUT2D eigenvalue weighted by atomic mass is 32.2. The first kappa shape index (κ1) is 23.5. The molecule has 1 aromatic heterocycles. The van der Waals surface area contributed by atoms with Crippen molar-refractivity contribution in [3.05, 3.63) is 41.6 Å². The van der Waals surface area contributed by atoms with E-state index < -0.39 is 16.0 Å². The molecule has 31 heavy (non-hydrogen) atoms. The fourth-order valence-corrected chi connectivity index (χ4v) is 5.09. The summed E-state index contributed by atoms with van der Waals surface area (Å²) in [6.45, 7) is 2.53. The number of nitrogens with zero attached hydrogens (tertiary/aromatic N) is 2. The fourth-order valence-electron chi connectivity index (χ4n) is 3.45. The quantitative estimate of drug-likeness (QED) is 0.313. The molecule has 0 spiro atoms. The number of rotatable bonds is 10. The monoisotopic (exact) mass is 464 g/mol. The first-order chi connectivity index (χ1) is 14.9. The molecule has 1 saturated carbocycles. The molecule has 1 fully saturated rings. The molecule has 1 aromatic carbocycles. The van der Waals surface area contributed by atoms with Gasteiger partial charge in [0.15, 0.2) is 5.16 Å². The largest absolute Gasteiger partial charge is 0.462 e. The van der Waals surface area contributed by atoms with Crippen molar-refractivity contribution < 1.29 is 17.9 Å². The van der Waals surface area contributed by atoms with Crippen molar-refractivity contribution in [1.29, 1.82) is 0 Å². The second-order valence-corrected chi connectivity index (χ2v) is 9.75. The zero-order chi connectivity index (χ0) is 22.3. The van der Waals surface area contributed by atoms with Crippen molar-refractivity contribution >= 4 is 33.6 Å². The molecule has 1 aliphatic carbocycles. The van der Waals surface area contributed by atoms with E-state index in [1.165, 1.54) is 18.0 Å². The fraction of sp³-hybridized carbons (Fsp3) is 0.476. The smallest absolute Gasteiger partial charge is 0.343 e. The lowest BCUT2D eigenvalue weighted by molar-refractivity contribution is 0.0526. The van der Waals surface area contributed by atoms with E-state index in [0.717, 1.165) is 31.2 Å². The average molecular weight is 465 g/mol. The number of esters is 1. The van der Waals surface area contributed by atoms with Gasteiger partial charge in [-0.25, -0.2) is 27.9 Å². The summed E-state index contributed by atoms with van der Waals surface area (Å²) in [6.07, 6.45) is 7.91. The van der Waals surface area contributed by atoms with Gasteiger partial charge in [-0.1, -0.05) is 36.7 Å². The molecule has 0 bridgehead atoms. The second-order valence-electron chi connectivity index (χ2n) is 7.26. The molecule has 0 amide bonds. The molecule has 0 aliphatic heterocycles. The lowest BCUT2D eigenvalue weighted by atomic mass is 10.1. The Morgan fingerprint density at radius 3 is 2.58 bits per heavy atom. The number of carbonyl (C=O) groups is 1. The van der Waals surface area contributed by atoms with Crippen molar-refractivity contribution in [3.63, 3.8) is 0 Å². The summed E-state index contributed by atoms with van der Waals surface area (Å²) < 4.78 is 32.9. The van der Waals surface area contributed by atoms with E-state index in [9.17, 15) is 13.2 Å². The minimum absolute atomic E-state index is 0.0431. The summed E-state index contributed by atoms with van der Waals surface area (Å²) in [5.41, 5.74) is 1.27. The van der Waals surface area contributed by atoms with Gasteiger partial charge in [0.25, 0.3) is 0 Å². The van der Waals surface area contributed by atoms with Gasteiger partial charge in [0, 0.05) is 18.8 Å². The van der Waals surface area contributed by atoms with Gasteiger partial charge >= 0.3 is 5.97 Å². The van der Waals surface area contributed by atoms with Crippen molar-refractivity contribution in [2.24, 2.45) is 0 Å². The van der Waals surface area contributed by atoms with E-state index in [-0.39, 0.29) is 17.5 Å². The number of thioether (sulfide) groups is 1. The third-order valence-electron chi connectivity index (χ3n) is 5.06. The van der Waals surface area contributed by atoms with E-state index in [4.69, 9.17) is 4.74 Å². The van der Waals surface area contributed by atoms with Crippen LogP contribution >= 0.6 is 11.8 Å². The number of benzene rings is 1. The van der Waals surface area contributed by atoms with Crippen molar-refractivity contribution in [2.45, 2.75) is 55.1 Å². The maximum Gasteiger partial charge on any atom is 0.343 e. The predicted octanol–water partition coefficient (Wildman–Crippen LogP) is 3.25. The van der Waals surface area contributed by atoms with Gasteiger partial charge in [-0.05, 0) is 50.1 Å². The standard InChI is InChI=1S/C21H28N4O4S2/c1-3-29-20(26)18-14-23-21(30-2)24-19(18)22-13-12-15-8-10-17(11-9-15)31(27,28)25-16-6-4-5-7-16/h8-11,14,16,25H,3-7,12-13H2,1-2H3,(H,22,23,24). The summed E-state index contributed by atoms with van der Waals surface area (Å²) in [5.74, 6) is -0.0419. The van der Waals surface area contributed by atoms with E-state index in [1.807, 2.05) is 18.4 Å². The van der Waals surface area contributed by atoms with Crippen molar-refractivity contribution in [3.8, 4) is 0 Å². The van der Waals surface area contributed by atoms with Crippen LogP contribution in [0.25, 0.3) is 0 Å². The predicted molar refractivity (Wildman–Crippen MR) is 121 cm³/mol. The van der Waals surface area contributed by atoms with E-state index >= 15 is 0 Å². The topological polar surface area (TPSA) is 110 Å². The van der Waals surface area contributed by atoms with Crippen LogP contribution in [0.3, 0.4) is 0 Å². The van der Waals surface area contributed by atoms with Crippen LogP contribution in [0.15, 0.2) is 40.5 Å². The van der Waals surface area contributed by atoms with Gasteiger partial charge in [-0.3, -0.25) is 0 Å². The summed E-state index contributed by atoms with van der Waals surface area (Å²) in [7, 11) is -3.49. The lowest BCUT2D eigenvalue weighted by Crippen LogP contribution is -2.32. The first-order valence-corrected chi connectivity index (χ1v) is 13.1. The Morgan fingerprint density at radius 2 is 1.94 bits per heavy atom. The van der Waals surface area contributed by atoms with Crippen LogP contribution in [0.5, 0.6) is 0 Å². The van der Waals surface area contributed by atoms with Crippen LogP contribution in [0.4, 0.5) is 5.82 Å². The number of sulfonamides is 1. The summed E-state index contributed by atoms with van der Waals surface area (Å²) in [4.78, 5) is 20.9. The average Bonchev–Trinajstić information content (AvgIpc) is 3.26. The lowest BCUT2D eigenvalue weighted by Gasteiger charge is -2.13. The minimum Gasteiger partial charge on any atom is -0.462 e. The van der Waals surface area contributed by atoms with Gasteiger partial charge in [0.2, 0.25) is 10.0 Å². The number of carbonyl (C=O) groups excluding carboxylic acids is 1. The Hall–Kier alpha value is -2.17. The Kier molecular flexibility index (Phi) is 8.28. The highest BCUT2D eigenvalue weighted by Gasteiger charge is 2.22. The van der Waals surface area contributed by atoms with Crippen LogP contribution in [0.1, 0.15) is 48.5 Å². The molecule has 168 valence electrons. The van der Waals surface area contributed by atoms with Gasteiger partial charge in [0.1, 0.15) is 11.4 Å². The van der Waals surface area contributed by atoms with Gasteiger partial charge < -0.3 is 10.1 Å². The number of ether oxygens (including phenoxy) is 1. The zero-order valence-electron chi connectivity index (χ0n) is 17.8. The Morgan fingerprint density at radius 1 is 1.23 bits per heavy atom. The van der Waals surface area contributed by atoms with Gasteiger partial charge in [0.05, 0.1) is 11.5 Å². The molecule has 1 aliphatic rings. The molecule has 3 rings (SSSR count). The third-order valence-corrected chi connectivity index (χ3v) is 7.16. The molecule has 1 heterocycles. The molecule has 10 heteroatoms. The first-order valence-electron chi connectivity index (χ1n) is 10.4. The normalized spacial score (nSPS) is 14.5.